The van der Waals surface area contributed by atoms with Crippen LogP contribution in [0, 0.1) is 0 Å². The number of hydrogen-bond acceptors (Lipinski definition) is 2. The van der Waals surface area contributed by atoms with Crippen molar-refractivity contribution < 1.29 is 9.53 Å². The molecule has 17 heavy (non-hydrogen) atoms. The molecule has 92 valence electrons. The van der Waals surface area contributed by atoms with Crippen LogP contribution in [0.25, 0.3) is 0 Å². The van der Waals surface area contributed by atoms with Crippen molar-refractivity contribution in [2.45, 2.75) is 12.8 Å². The maximum atomic E-state index is 11.8. The third-order valence-electron chi connectivity index (χ3n) is 2.70. The number of ether oxygens (including phenoxy) is 1. The van der Waals surface area contributed by atoms with Gasteiger partial charge in [-0.3, -0.25) is 4.79 Å². The summed E-state index contributed by atoms with van der Waals surface area (Å²) in [7, 11) is 0. The molecule has 2 rings (SSSR count). The molecule has 3 nitrogen and oxygen atoms in total. The SMILES string of the molecule is O=C(COc1cc(Br)ccc1Cl)N1CCCC1. The number of rotatable bonds is 3. The second-order valence-corrected chi connectivity index (χ2v) is 5.27. The highest BCUT2D eigenvalue weighted by Gasteiger charge is 2.18. The lowest BCUT2D eigenvalue weighted by molar-refractivity contribution is -0.132. The van der Waals surface area contributed by atoms with Gasteiger partial charge in [-0.2, -0.15) is 0 Å². The molecule has 0 spiro atoms. The first-order valence-electron chi connectivity index (χ1n) is 5.52. The Hall–Kier alpha value is -0.740. The minimum atomic E-state index is 0.0264. The van der Waals surface area contributed by atoms with Gasteiger partial charge in [0.05, 0.1) is 5.02 Å². The summed E-state index contributed by atoms with van der Waals surface area (Å²) in [6.45, 7) is 1.74. The lowest BCUT2D eigenvalue weighted by Gasteiger charge is -2.16. The van der Waals surface area contributed by atoms with Crippen molar-refractivity contribution in [1.29, 1.82) is 0 Å². The second kappa shape index (κ2) is 5.74. The maximum absolute atomic E-state index is 11.8. The van der Waals surface area contributed by atoms with Crippen LogP contribution in [0.1, 0.15) is 12.8 Å². The molecule has 5 heteroatoms. The van der Waals surface area contributed by atoms with Gasteiger partial charge in [-0.1, -0.05) is 27.5 Å². The van der Waals surface area contributed by atoms with Gasteiger partial charge < -0.3 is 9.64 Å². The summed E-state index contributed by atoms with van der Waals surface area (Å²) in [4.78, 5) is 13.6. The molecule has 0 atom stereocenters. The highest BCUT2D eigenvalue weighted by atomic mass is 79.9. The lowest BCUT2D eigenvalue weighted by atomic mass is 10.3. The van der Waals surface area contributed by atoms with Crippen LogP contribution in [0.4, 0.5) is 0 Å². The molecule has 1 aliphatic rings. The highest BCUT2D eigenvalue weighted by molar-refractivity contribution is 9.10. The molecule has 0 N–H and O–H groups in total. The zero-order valence-corrected chi connectivity index (χ0v) is 11.6. The van der Waals surface area contributed by atoms with Crippen LogP contribution in [0.5, 0.6) is 5.75 Å². The molecule has 0 unspecified atom stereocenters. The van der Waals surface area contributed by atoms with Crippen molar-refractivity contribution >= 4 is 33.4 Å². The smallest absolute Gasteiger partial charge is 0.260 e. The van der Waals surface area contributed by atoms with Gasteiger partial charge in [0.25, 0.3) is 5.91 Å². The van der Waals surface area contributed by atoms with Crippen LogP contribution in [0.2, 0.25) is 5.02 Å². The normalized spacial score (nSPS) is 15.1. The Morgan fingerprint density at radius 3 is 2.82 bits per heavy atom. The Labute approximate surface area is 114 Å². The molecule has 0 saturated carbocycles. The lowest BCUT2D eigenvalue weighted by Crippen LogP contribution is -2.32. The minimum absolute atomic E-state index is 0.0264. The molecule has 1 heterocycles. The quantitative estimate of drug-likeness (QED) is 0.857. The van der Waals surface area contributed by atoms with E-state index in [9.17, 15) is 4.79 Å². The first-order valence-corrected chi connectivity index (χ1v) is 6.69. The summed E-state index contributed by atoms with van der Waals surface area (Å²) < 4.78 is 6.32. The second-order valence-electron chi connectivity index (χ2n) is 3.95. The number of benzene rings is 1. The van der Waals surface area contributed by atoms with Crippen LogP contribution in [-0.4, -0.2) is 30.5 Å². The predicted octanol–water partition coefficient (Wildman–Crippen LogP) is 3.10. The van der Waals surface area contributed by atoms with Crippen molar-refractivity contribution in [3.8, 4) is 5.75 Å². The van der Waals surface area contributed by atoms with E-state index in [0.717, 1.165) is 30.4 Å². The topological polar surface area (TPSA) is 29.5 Å². The van der Waals surface area contributed by atoms with Gasteiger partial charge in [0.2, 0.25) is 0 Å². The van der Waals surface area contributed by atoms with E-state index in [2.05, 4.69) is 15.9 Å². The first kappa shape index (κ1) is 12.7. The number of hydrogen-bond donors (Lipinski definition) is 0. The van der Waals surface area contributed by atoms with E-state index in [1.807, 2.05) is 11.0 Å². The van der Waals surface area contributed by atoms with Crippen molar-refractivity contribution in [3.63, 3.8) is 0 Å². The average molecular weight is 319 g/mol. The molecule has 1 amide bonds. The standard InChI is InChI=1S/C12H13BrClNO2/c13-9-3-4-10(14)11(7-9)17-8-12(16)15-5-1-2-6-15/h3-4,7H,1-2,5-6,8H2. The third-order valence-corrected chi connectivity index (χ3v) is 3.51. The largest absolute Gasteiger partial charge is 0.482 e. The summed E-state index contributed by atoms with van der Waals surface area (Å²) >= 11 is 9.30. The van der Waals surface area contributed by atoms with Crippen molar-refractivity contribution in [1.82, 2.24) is 4.90 Å². The molecule has 1 aromatic rings. The zero-order chi connectivity index (χ0) is 12.3. The van der Waals surface area contributed by atoms with Gasteiger partial charge in [-0.05, 0) is 31.0 Å². The third kappa shape index (κ3) is 3.36. The molecule has 0 bridgehead atoms. The maximum Gasteiger partial charge on any atom is 0.260 e. The Morgan fingerprint density at radius 1 is 1.41 bits per heavy atom. The van der Waals surface area contributed by atoms with Crippen LogP contribution >= 0.6 is 27.5 Å². The Kier molecular flexibility index (Phi) is 4.29. The molecule has 1 saturated heterocycles. The molecule has 0 radical (unpaired) electrons. The molecular weight excluding hydrogens is 305 g/mol. The predicted molar refractivity (Wildman–Crippen MR) is 70.5 cm³/mol. The molecule has 0 aliphatic carbocycles. The average Bonchev–Trinajstić information content (AvgIpc) is 2.83. The van der Waals surface area contributed by atoms with Crippen molar-refractivity contribution in [2.24, 2.45) is 0 Å². The van der Waals surface area contributed by atoms with Crippen LogP contribution in [-0.2, 0) is 4.79 Å². The Balaban J connectivity index is 1.92. The van der Waals surface area contributed by atoms with Gasteiger partial charge in [0.1, 0.15) is 5.75 Å². The van der Waals surface area contributed by atoms with Gasteiger partial charge in [0, 0.05) is 17.6 Å². The van der Waals surface area contributed by atoms with Crippen molar-refractivity contribution in [2.75, 3.05) is 19.7 Å². The van der Waals surface area contributed by atoms with Gasteiger partial charge in [0.15, 0.2) is 6.61 Å². The van der Waals surface area contributed by atoms with E-state index >= 15 is 0 Å². The fraction of sp³-hybridized carbons (Fsp3) is 0.417. The summed E-state index contributed by atoms with van der Waals surface area (Å²) in [5.74, 6) is 0.562. The van der Waals surface area contributed by atoms with E-state index in [4.69, 9.17) is 16.3 Å². The van der Waals surface area contributed by atoms with E-state index in [1.54, 1.807) is 12.1 Å². The van der Waals surface area contributed by atoms with Crippen LogP contribution in [0.3, 0.4) is 0 Å². The van der Waals surface area contributed by atoms with E-state index in [1.165, 1.54) is 0 Å². The summed E-state index contributed by atoms with van der Waals surface area (Å²) in [6.07, 6.45) is 2.17. The summed E-state index contributed by atoms with van der Waals surface area (Å²) in [6, 6.07) is 5.33. The molecule has 1 aliphatic heterocycles. The number of carbonyl (C=O) groups excluding carboxylic acids is 1. The first-order chi connectivity index (χ1) is 8.16. The molecule has 1 fully saturated rings. The molecule has 0 aromatic heterocycles. The zero-order valence-electron chi connectivity index (χ0n) is 9.29. The van der Waals surface area contributed by atoms with Gasteiger partial charge >= 0.3 is 0 Å². The van der Waals surface area contributed by atoms with E-state index in [0.29, 0.717) is 10.8 Å². The Morgan fingerprint density at radius 2 is 2.12 bits per heavy atom. The fourth-order valence-electron chi connectivity index (χ4n) is 1.79. The minimum Gasteiger partial charge on any atom is -0.482 e. The number of likely N-dealkylation sites (tertiary alicyclic amines) is 1. The highest BCUT2D eigenvalue weighted by Crippen LogP contribution is 2.27. The fourth-order valence-corrected chi connectivity index (χ4v) is 2.30. The van der Waals surface area contributed by atoms with Gasteiger partial charge in [-0.25, -0.2) is 0 Å². The molecular formula is C12H13BrClNO2. The summed E-state index contributed by atoms with van der Waals surface area (Å²) in [5, 5.41) is 0.516. The van der Waals surface area contributed by atoms with Crippen molar-refractivity contribution in [3.05, 3.63) is 27.7 Å². The van der Waals surface area contributed by atoms with E-state index < -0.39 is 0 Å². The van der Waals surface area contributed by atoms with E-state index in [-0.39, 0.29) is 12.5 Å². The summed E-state index contributed by atoms with van der Waals surface area (Å²) in [5.41, 5.74) is 0. The van der Waals surface area contributed by atoms with Gasteiger partial charge in [-0.15, -0.1) is 0 Å². The number of carbonyl (C=O) groups is 1. The van der Waals surface area contributed by atoms with Crippen LogP contribution in [0.15, 0.2) is 22.7 Å². The van der Waals surface area contributed by atoms with Crippen LogP contribution < -0.4 is 4.74 Å². The number of amides is 1. The molecule has 1 aromatic carbocycles. The Bertz CT molecular complexity index is 419. The number of nitrogens with zero attached hydrogens (tertiary/aromatic N) is 1. The monoisotopic (exact) mass is 317 g/mol. The number of halogens is 2.